The molecule has 0 aliphatic carbocycles. The van der Waals surface area contributed by atoms with Crippen LogP contribution in [0.5, 0.6) is 0 Å². The molecule has 6 nitrogen and oxygen atoms in total. The van der Waals surface area contributed by atoms with E-state index in [0.717, 1.165) is 24.0 Å². The number of carbonyl (C=O) groups excluding carboxylic acids is 2. The van der Waals surface area contributed by atoms with E-state index in [1.165, 1.54) is 11.1 Å². The highest BCUT2D eigenvalue weighted by Crippen LogP contribution is 2.26. The summed E-state index contributed by atoms with van der Waals surface area (Å²) in [6.07, 6.45) is 1.51. The van der Waals surface area contributed by atoms with Crippen LogP contribution in [0, 0.1) is 0 Å². The summed E-state index contributed by atoms with van der Waals surface area (Å²) in [6, 6.07) is 40.5. The van der Waals surface area contributed by atoms with E-state index in [4.69, 9.17) is 0 Å². The Morgan fingerprint density at radius 2 is 0.786 bits per heavy atom. The van der Waals surface area contributed by atoms with Crippen LogP contribution < -0.4 is 46.9 Å². The van der Waals surface area contributed by atoms with E-state index < -0.39 is 11.1 Å². The van der Waals surface area contributed by atoms with Crippen molar-refractivity contribution < 1.29 is 45.9 Å². The van der Waals surface area contributed by atoms with Crippen molar-refractivity contribution in [3.63, 3.8) is 0 Å². The third kappa shape index (κ3) is 11.0. The molecule has 8 heteroatoms. The summed E-state index contributed by atoms with van der Waals surface area (Å²) in [6.45, 7) is 4.61. The van der Waals surface area contributed by atoms with Crippen LogP contribution in [-0.2, 0) is 33.5 Å². The highest BCUT2D eigenvalue weighted by molar-refractivity contribution is 5.78. The van der Waals surface area contributed by atoms with Crippen LogP contribution in [-0.4, -0.2) is 24.9 Å². The molecule has 0 unspecified atom stereocenters. The van der Waals surface area contributed by atoms with Crippen molar-refractivity contribution >= 4 is 11.8 Å². The Morgan fingerprint density at radius 3 is 1.05 bits per heavy atom. The Hall–Kier alpha value is -3.68. The molecule has 2 amide bonds. The summed E-state index contributed by atoms with van der Waals surface area (Å²) < 4.78 is 0. The number of benzene rings is 4. The quantitative estimate of drug-likeness (QED) is 0.154. The van der Waals surface area contributed by atoms with Crippen molar-refractivity contribution in [1.29, 1.82) is 0 Å². The fourth-order valence-electron chi connectivity index (χ4n) is 4.80. The lowest BCUT2D eigenvalue weighted by Gasteiger charge is -2.31. The minimum Gasteiger partial charge on any atom is -1.00 e. The van der Waals surface area contributed by atoms with E-state index in [-0.39, 0.29) is 49.7 Å². The van der Waals surface area contributed by atoms with Gasteiger partial charge in [-0.15, -0.1) is 0 Å². The zero-order valence-corrected chi connectivity index (χ0v) is 25.9. The summed E-state index contributed by atoms with van der Waals surface area (Å²) in [5.41, 5.74) is 11.1. The van der Waals surface area contributed by atoms with E-state index in [2.05, 4.69) is 60.2 Å². The van der Waals surface area contributed by atoms with Gasteiger partial charge in [0.25, 0.3) is 11.8 Å². The van der Waals surface area contributed by atoms with Crippen LogP contribution >= 0.6 is 0 Å². The largest absolute Gasteiger partial charge is 1.00 e. The van der Waals surface area contributed by atoms with Crippen LogP contribution in [0.2, 0.25) is 0 Å². The van der Waals surface area contributed by atoms with Crippen LogP contribution in [0.4, 0.5) is 0 Å². The lowest BCUT2D eigenvalue weighted by atomic mass is 9.85. The monoisotopic (exact) mass is 608 g/mol. The van der Waals surface area contributed by atoms with Crippen LogP contribution in [0.3, 0.4) is 0 Å². The topological polar surface area (TPSA) is 113 Å². The van der Waals surface area contributed by atoms with Gasteiger partial charge in [0.2, 0.25) is 0 Å². The maximum atomic E-state index is 11.8. The maximum Gasteiger partial charge on any atom is 0.275 e. The first-order valence-corrected chi connectivity index (χ1v) is 13.7. The standard InChI is InChI=1S/2C17H20N2O.2ClH/c2*1-17(19-16(20)13-18,15-10-6-3-7-11-15)12-14-8-4-2-5-9-14;;/h2*2-11H,12-13,18H2,1H3,(H,19,20);2*1H/t2*17-;;/m10../s1. The Balaban J connectivity index is 0.000000401. The summed E-state index contributed by atoms with van der Waals surface area (Å²) in [5.74, 6) is -0.0698. The first-order valence-electron chi connectivity index (χ1n) is 13.7. The SMILES string of the molecule is C[C@@](Cc1ccccc1)(NC(=O)C[NH3+])c1ccccc1.C[C@](Cc1ccccc1)(NC(=O)C[NH3+])c1ccccc1.[Cl-].[Cl-]. The number of quaternary nitrogens is 2. The van der Waals surface area contributed by atoms with E-state index in [1.807, 2.05) is 97.1 Å². The molecule has 0 spiro atoms. The van der Waals surface area contributed by atoms with E-state index in [0.29, 0.717) is 0 Å². The van der Waals surface area contributed by atoms with Gasteiger partial charge >= 0.3 is 0 Å². The fourth-order valence-corrected chi connectivity index (χ4v) is 4.80. The van der Waals surface area contributed by atoms with Crippen molar-refractivity contribution in [2.24, 2.45) is 0 Å². The molecule has 4 rings (SSSR count). The van der Waals surface area contributed by atoms with Crippen LogP contribution in [0.25, 0.3) is 0 Å². The van der Waals surface area contributed by atoms with Gasteiger partial charge < -0.3 is 46.9 Å². The van der Waals surface area contributed by atoms with Crippen molar-refractivity contribution in [3.05, 3.63) is 144 Å². The molecular weight excluding hydrogens is 567 g/mol. The van der Waals surface area contributed by atoms with Gasteiger partial charge in [-0.1, -0.05) is 121 Å². The van der Waals surface area contributed by atoms with E-state index in [9.17, 15) is 9.59 Å². The zero-order valence-electron chi connectivity index (χ0n) is 24.4. The molecule has 4 aromatic rings. The van der Waals surface area contributed by atoms with Gasteiger partial charge in [0.1, 0.15) is 0 Å². The van der Waals surface area contributed by atoms with E-state index >= 15 is 0 Å². The minimum absolute atomic E-state index is 0. The number of carbonyl (C=O) groups is 2. The highest BCUT2D eigenvalue weighted by Gasteiger charge is 2.30. The number of amides is 2. The van der Waals surface area contributed by atoms with Gasteiger partial charge in [-0.3, -0.25) is 9.59 Å². The molecule has 2 atom stereocenters. The Bertz CT molecular complexity index is 1220. The predicted octanol–water partition coefficient (Wildman–Crippen LogP) is -2.99. The first-order chi connectivity index (χ1) is 19.3. The molecule has 0 heterocycles. The maximum absolute atomic E-state index is 11.8. The average molecular weight is 610 g/mol. The predicted molar refractivity (Wildman–Crippen MR) is 160 cm³/mol. The smallest absolute Gasteiger partial charge is 0.275 e. The number of hydrogen-bond acceptors (Lipinski definition) is 2. The second-order valence-corrected chi connectivity index (χ2v) is 10.3. The summed E-state index contributed by atoms with van der Waals surface area (Å²) >= 11 is 0. The van der Waals surface area contributed by atoms with E-state index in [1.54, 1.807) is 0 Å². The van der Waals surface area contributed by atoms with Gasteiger partial charge in [0.05, 0.1) is 11.1 Å². The Kier molecular flexibility index (Phi) is 15.6. The van der Waals surface area contributed by atoms with Gasteiger partial charge in [-0.25, -0.2) is 0 Å². The van der Waals surface area contributed by atoms with Crippen molar-refractivity contribution in [3.8, 4) is 0 Å². The molecule has 0 bridgehead atoms. The average Bonchev–Trinajstić information content (AvgIpc) is 2.99. The minimum atomic E-state index is -0.419. The summed E-state index contributed by atoms with van der Waals surface area (Å²) in [5, 5.41) is 6.21. The Labute approximate surface area is 262 Å². The van der Waals surface area contributed by atoms with Gasteiger partial charge in [0, 0.05) is 0 Å². The lowest BCUT2D eigenvalue weighted by molar-refractivity contribution is -0.355. The normalized spacial score (nSPS) is 12.9. The molecule has 0 aliphatic rings. The van der Waals surface area contributed by atoms with Crippen molar-refractivity contribution in [1.82, 2.24) is 10.6 Å². The second-order valence-electron chi connectivity index (χ2n) is 10.3. The molecule has 0 saturated carbocycles. The lowest BCUT2D eigenvalue weighted by Crippen LogP contribution is -3.00. The molecule has 8 N–H and O–H groups in total. The molecule has 0 fully saturated rings. The molecule has 0 aromatic heterocycles. The first kappa shape index (κ1) is 36.3. The zero-order chi connectivity index (χ0) is 28.8. The fraction of sp³-hybridized carbons (Fsp3) is 0.235. The number of hydrogen-bond donors (Lipinski definition) is 4. The molecule has 42 heavy (non-hydrogen) atoms. The van der Waals surface area contributed by atoms with Gasteiger partial charge in [-0.05, 0) is 48.9 Å². The second kappa shape index (κ2) is 18.0. The third-order valence-corrected chi connectivity index (χ3v) is 6.91. The number of halogens is 2. The molecule has 0 saturated heterocycles. The van der Waals surface area contributed by atoms with Crippen LogP contribution in [0.1, 0.15) is 36.1 Å². The van der Waals surface area contributed by atoms with Crippen molar-refractivity contribution in [2.75, 3.05) is 13.1 Å². The Morgan fingerprint density at radius 1 is 0.524 bits per heavy atom. The molecule has 0 radical (unpaired) electrons. The molecule has 0 aliphatic heterocycles. The molecule has 4 aromatic carbocycles. The summed E-state index contributed by atoms with van der Waals surface area (Å²) in [7, 11) is 0. The van der Waals surface area contributed by atoms with Gasteiger partial charge in [-0.2, -0.15) is 0 Å². The third-order valence-electron chi connectivity index (χ3n) is 6.91. The number of rotatable bonds is 10. The molecular formula is C34H42Cl2N4O2. The number of nitrogens with one attached hydrogen (secondary N) is 2. The van der Waals surface area contributed by atoms with Crippen LogP contribution in [0.15, 0.2) is 121 Å². The summed E-state index contributed by atoms with van der Waals surface area (Å²) in [4.78, 5) is 23.6. The van der Waals surface area contributed by atoms with Gasteiger partial charge in [0.15, 0.2) is 13.1 Å². The molecule has 224 valence electrons. The highest BCUT2D eigenvalue weighted by atomic mass is 35.5. The van der Waals surface area contributed by atoms with Crippen molar-refractivity contribution in [2.45, 2.75) is 37.8 Å².